The molecule has 178 valence electrons. The van der Waals surface area contributed by atoms with Crippen molar-refractivity contribution in [3.05, 3.63) is 132 Å². The predicted molar refractivity (Wildman–Crippen MR) is 145 cm³/mol. The van der Waals surface area contributed by atoms with E-state index in [4.69, 9.17) is 4.74 Å². The zero-order chi connectivity index (χ0) is 24.7. The Hall–Kier alpha value is -4.64. The van der Waals surface area contributed by atoms with Gasteiger partial charge in [-0.15, -0.1) is 0 Å². The third-order valence-corrected chi connectivity index (χ3v) is 5.92. The highest BCUT2D eigenvalue weighted by molar-refractivity contribution is 6.11. The second-order valence-electron chi connectivity index (χ2n) is 8.34. The lowest BCUT2D eigenvalue weighted by atomic mass is 10.1. The van der Waals surface area contributed by atoms with Gasteiger partial charge in [-0.3, -0.25) is 9.69 Å². The molecule has 0 saturated carbocycles. The first-order valence-corrected chi connectivity index (χ1v) is 12.0. The van der Waals surface area contributed by atoms with E-state index < -0.39 is 0 Å². The van der Waals surface area contributed by atoms with Crippen LogP contribution in [0.2, 0.25) is 0 Å². The second kappa shape index (κ2) is 10.7. The number of carbonyl (C=O) groups is 1. The fraction of sp³-hybridized carbons (Fsp3) is 0.0968. The number of aliphatic imine (C=N–C) groups is 1. The lowest BCUT2D eigenvalue weighted by molar-refractivity contribution is -0.122. The Bertz CT molecular complexity index is 1330. The quantitative estimate of drug-likeness (QED) is 0.273. The smallest absolute Gasteiger partial charge is 0.300 e. The maximum absolute atomic E-state index is 13.0. The number of ether oxygens (including phenoxy) is 1. The van der Waals surface area contributed by atoms with Crippen molar-refractivity contribution in [3.8, 4) is 0 Å². The molecule has 5 heteroatoms. The van der Waals surface area contributed by atoms with Crippen LogP contribution in [0.3, 0.4) is 0 Å². The van der Waals surface area contributed by atoms with Crippen molar-refractivity contribution < 1.29 is 9.53 Å². The number of carbonyl (C=O) groups excluding carboxylic acids is 1. The van der Waals surface area contributed by atoms with Crippen molar-refractivity contribution in [2.24, 2.45) is 4.99 Å². The summed E-state index contributed by atoms with van der Waals surface area (Å²) < 4.78 is 5.90. The molecule has 4 aromatic carbocycles. The van der Waals surface area contributed by atoms with Crippen LogP contribution in [-0.2, 0) is 16.1 Å². The summed E-state index contributed by atoms with van der Waals surface area (Å²) >= 11 is 0. The highest BCUT2D eigenvalue weighted by Crippen LogP contribution is 2.34. The number of rotatable bonds is 7. The second-order valence-corrected chi connectivity index (χ2v) is 8.34. The highest BCUT2D eigenvalue weighted by Gasteiger charge is 2.33. The molecule has 5 nitrogen and oxygen atoms in total. The van der Waals surface area contributed by atoms with E-state index >= 15 is 0 Å². The van der Waals surface area contributed by atoms with Crippen molar-refractivity contribution in [2.75, 3.05) is 11.4 Å². The van der Waals surface area contributed by atoms with Gasteiger partial charge in [0.1, 0.15) is 0 Å². The average molecular weight is 474 g/mol. The van der Waals surface area contributed by atoms with Gasteiger partial charge in [0.15, 0.2) is 5.76 Å². The van der Waals surface area contributed by atoms with Crippen LogP contribution in [-0.4, -0.2) is 23.4 Å². The first-order valence-electron chi connectivity index (χ1n) is 12.0. The molecule has 1 aliphatic rings. The largest absolute Gasteiger partial charge is 0.420 e. The first-order chi connectivity index (χ1) is 17.7. The summed E-state index contributed by atoms with van der Waals surface area (Å²) in [7, 11) is 0. The van der Waals surface area contributed by atoms with Crippen LogP contribution in [0.5, 0.6) is 0 Å². The summed E-state index contributed by atoms with van der Waals surface area (Å²) in [5, 5.41) is 0. The lowest BCUT2D eigenvalue weighted by Crippen LogP contribution is -2.29. The van der Waals surface area contributed by atoms with Crippen LogP contribution in [0, 0.1) is 0 Å². The number of amides is 1. The van der Waals surface area contributed by atoms with E-state index in [1.807, 2.05) is 97.9 Å². The summed E-state index contributed by atoms with van der Waals surface area (Å²) in [5.41, 5.74) is 5.10. The summed E-state index contributed by atoms with van der Waals surface area (Å²) in [5.74, 6) is 0.1000. The van der Waals surface area contributed by atoms with E-state index in [1.54, 1.807) is 11.0 Å². The molecule has 0 radical (unpaired) electrons. The summed E-state index contributed by atoms with van der Waals surface area (Å²) in [6, 6.07) is 38.8. The van der Waals surface area contributed by atoms with Gasteiger partial charge >= 0.3 is 6.02 Å². The van der Waals surface area contributed by atoms with Crippen LogP contribution in [0.4, 0.5) is 17.1 Å². The predicted octanol–water partition coefficient (Wildman–Crippen LogP) is 6.93. The van der Waals surface area contributed by atoms with Gasteiger partial charge in [-0.1, -0.05) is 78.9 Å². The Morgan fingerprint density at radius 1 is 0.750 bits per heavy atom. The van der Waals surface area contributed by atoms with E-state index in [1.165, 1.54) is 0 Å². The van der Waals surface area contributed by atoms with Crippen LogP contribution < -0.4 is 4.90 Å². The van der Waals surface area contributed by atoms with E-state index in [-0.39, 0.29) is 11.7 Å². The molecule has 1 saturated heterocycles. The fourth-order valence-corrected chi connectivity index (χ4v) is 4.12. The van der Waals surface area contributed by atoms with E-state index in [0.29, 0.717) is 19.1 Å². The zero-order valence-electron chi connectivity index (χ0n) is 20.1. The SMILES string of the molecule is CCN1C(=O)/C(=C\c2ccc(N(c3ccccc3)c3ccccc3)cc2)OC1=NCc1ccccc1. The van der Waals surface area contributed by atoms with Crippen LogP contribution in [0.15, 0.2) is 126 Å². The van der Waals surface area contributed by atoms with Crippen molar-refractivity contribution in [1.29, 1.82) is 0 Å². The minimum absolute atomic E-state index is 0.177. The molecule has 36 heavy (non-hydrogen) atoms. The Labute approximate surface area is 211 Å². The molecular weight excluding hydrogens is 446 g/mol. The molecule has 1 heterocycles. The van der Waals surface area contributed by atoms with Gasteiger partial charge in [0.25, 0.3) is 5.91 Å². The maximum atomic E-state index is 13.0. The normalized spacial score (nSPS) is 15.4. The monoisotopic (exact) mass is 473 g/mol. The van der Waals surface area contributed by atoms with Gasteiger partial charge in [-0.05, 0) is 60.5 Å². The van der Waals surface area contributed by atoms with Gasteiger partial charge < -0.3 is 9.64 Å². The molecule has 0 atom stereocenters. The Balaban J connectivity index is 1.39. The third-order valence-electron chi connectivity index (χ3n) is 5.92. The van der Waals surface area contributed by atoms with Crippen molar-refractivity contribution in [1.82, 2.24) is 4.90 Å². The Morgan fingerprint density at radius 2 is 1.28 bits per heavy atom. The molecule has 1 aliphatic heterocycles. The van der Waals surface area contributed by atoms with Gasteiger partial charge in [0.05, 0.1) is 6.54 Å². The summed E-state index contributed by atoms with van der Waals surface area (Å²) in [6.45, 7) is 2.86. The maximum Gasteiger partial charge on any atom is 0.300 e. The summed E-state index contributed by atoms with van der Waals surface area (Å²) in [6.07, 6.45) is 1.77. The molecule has 1 fully saturated rings. The number of likely N-dealkylation sites (N-methyl/N-ethyl adjacent to an activating group) is 1. The van der Waals surface area contributed by atoms with E-state index in [0.717, 1.165) is 28.2 Å². The number of benzene rings is 4. The molecule has 0 spiro atoms. The molecule has 0 unspecified atom stereocenters. The lowest BCUT2D eigenvalue weighted by Gasteiger charge is -2.25. The first kappa shape index (κ1) is 23.1. The highest BCUT2D eigenvalue weighted by atomic mass is 16.5. The average Bonchev–Trinajstić information content (AvgIpc) is 3.24. The number of hydrogen-bond acceptors (Lipinski definition) is 4. The molecule has 0 N–H and O–H groups in total. The van der Waals surface area contributed by atoms with E-state index in [2.05, 4.69) is 34.2 Å². The van der Waals surface area contributed by atoms with Gasteiger partial charge in [-0.2, -0.15) is 0 Å². The fourth-order valence-electron chi connectivity index (χ4n) is 4.12. The van der Waals surface area contributed by atoms with Crippen LogP contribution in [0.25, 0.3) is 6.08 Å². The number of hydrogen-bond donors (Lipinski definition) is 0. The standard InChI is InChI=1S/C31H27N3O2/c1-2-33-30(35)29(36-31(33)32-23-25-12-6-3-7-13-25)22-24-18-20-28(21-19-24)34(26-14-8-4-9-15-26)27-16-10-5-11-17-27/h3-22H,2,23H2,1H3/b29-22+,32-31?. The molecule has 0 aliphatic carbocycles. The van der Waals surface area contributed by atoms with Crippen molar-refractivity contribution >= 4 is 35.1 Å². The zero-order valence-corrected chi connectivity index (χ0v) is 20.1. The molecule has 0 bridgehead atoms. The number of para-hydroxylation sites is 2. The van der Waals surface area contributed by atoms with Crippen LogP contribution >= 0.6 is 0 Å². The third kappa shape index (κ3) is 5.05. The Kier molecular flexibility index (Phi) is 6.90. The van der Waals surface area contributed by atoms with Gasteiger partial charge in [0, 0.05) is 23.6 Å². The van der Waals surface area contributed by atoms with Gasteiger partial charge in [-0.25, -0.2) is 4.99 Å². The Morgan fingerprint density at radius 3 is 1.83 bits per heavy atom. The number of amidine groups is 1. The van der Waals surface area contributed by atoms with Gasteiger partial charge in [0.2, 0.25) is 0 Å². The molecular formula is C31H27N3O2. The van der Waals surface area contributed by atoms with Crippen molar-refractivity contribution in [2.45, 2.75) is 13.5 Å². The minimum Gasteiger partial charge on any atom is -0.420 e. The molecule has 5 rings (SSSR count). The molecule has 1 amide bonds. The number of anilines is 3. The topological polar surface area (TPSA) is 45.1 Å². The van der Waals surface area contributed by atoms with Crippen molar-refractivity contribution in [3.63, 3.8) is 0 Å². The minimum atomic E-state index is -0.177. The molecule has 4 aromatic rings. The van der Waals surface area contributed by atoms with E-state index in [9.17, 15) is 4.79 Å². The summed E-state index contributed by atoms with van der Waals surface area (Å²) in [4.78, 5) is 21.3. The van der Waals surface area contributed by atoms with Crippen LogP contribution in [0.1, 0.15) is 18.1 Å². The molecule has 0 aromatic heterocycles. The number of nitrogens with zero attached hydrogens (tertiary/aromatic N) is 3.